The molecule has 32 heavy (non-hydrogen) atoms. The van der Waals surface area contributed by atoms with Gasteiger partial charge in [0.2, 0.25) is 0 Å². The molecule has 0 bridgehead atoms. The molecule has 3 N–H and O–H groups in total. The first-order chi connectivity index (χ1) is 15.1. The fraction of sp³-hybridized carbons (Fsp3) is 0.417. The van der Waals surface area contributed by atoms with E-state index in [-0.39, 0.29) is 24.3 Å². The number of thiocarbonyl (C=S) groups is 1. The molecule has 1 heterocycles. The molecule has 0 spiro atoms. The first kappa shape index (κ1) is 24.4. The SMILES string of the molecule is CC(C)(C)[Si](OC[C@H](CNC(=S)N1CC(O)C1)C(=O)O)(c1ccccc1)c1ccccc1. The Morgan fingerprint density at radius 3 is 2.03 bits per heavy atom. The largest absolute Gasteiger partial charge is 0.481 e. The number of hydrogen-bond acceptors (Lipinski definition) is 4. The average Bonchev–Trinajstić information content (AvgIpc) is 2.74. The van der Waals surface area contributed by atoms with Gasteiger partial charge < -0.3 is 24.9 Å². The first-order valence-corrected chi connectivity index (χ1v) is 13.2. The number of rotatable bonds is 8. The molecule has 1 fully saturated rings. The van der Waals surface area contributed by atoms with Crippen LogP contribution in [0.5, 0.6) is 0 Å². The molecular weight excluding hydrogens is 440 g/mol. The Balaban J connectivity index is 1.85. The highest BCUT2D eigenvalue weighted by Gasteiger charge is 2.50. The quantitative estimate of drug-likeness (QED) is 0.399. The van der Waals surface area contributed by atoms with E-state index >= 15 is 0 Å². The van der Waals surface area contributed by atoms with Crippen molar-refractivity contribution in [2.75, 3.05) is 26.2 Å². The normalized spacial score (nSPS) is 15.7. The number of carboxylic acid groups (broad SMARTS) is 1. The Morgan fingerprint density at radius 2 is 1.62 bits per heavy atom. The van der Waals surface area contributed by atoms with Gasteiger partial charge in [0.1, 0.15) is 0 Å². The van der Waals surface area contributed by atoms with E-state index in [1.54, 1.807) is 0 Å². The van der Waals surface area contributed by atoms with Crippen LogP contribution in [-0.2, 0) is 9.22 Å². The number of carbonyl (C=O) groups is 1. The van der Waals surface area contributed by atoms with Gasteiger partial charge in [0, 0.05) is 26.2 Å². The highest BCUT2D eigenvalue weighted by molar-refractivity contribution is 7.80. The first-order valence-electron chi connectivity index (χ1n) is 10.8. The lowest BCUT2D eigenvalue weighted by Crippen LogP contribution is -2.67. The Kier molecular flexibility index (Phi) is 7.71. The van der Waals surface area contributed by atoms with Gasteiger partial charge in [0.25, 0.3) is 8.32 Å². The number of nitrogens with zero attached hydrogens (tertiary/aromatic N) is 1. The molecule has 172 valence electrons. The van der Waals surface area contributed by atoms with Crippen molar-refractivity contribution >= 4 is 42.0 Å². The lowest BCUT2D eigenvalue weighted by molar-refractivity contribution is -0.142. The summed E-state index contributed by atoms with van der Waals surface area (Å²) in [5, 5.41) is 24.8. The molecule has 8 heteroatoms. The summed E-state index contributed by atoms with van der Waals surface area (Å²) in [7, 11) is -2.81. The number of aliphatic hydroxyl groups is 1. The van der Waals surface area contributed by atoms with Crippen molar-refractivity contribution in [3.05, 3.63) is 60.7 Å². The Bertz CT molecular complexity index is 875. The van der Waals surface area contributed by atoms with Crippen LogP contribution in [0.25, 0.3) is 0 Å². The molecule has 0 aliphatic carbocycles. The Labute approximate surface area is 196 Å². The number of aliphatic hydroxyl groups excluding tert-OH is 1. The molecule has 1 aliphatic heterocycles. The number of benzene rings is 2. The summed E-state index contributed by atoms with van der Waals surface area (Å²) in [5.74, 6) is -1.69. The van der Waals surface area contributed by atoms with Gasteiger partial charge in [-0.1, -0.05) is 81.4 Å². The van der Waals surface area contributed by atoms with Gasteiger partial charge in [-0.25, -0.2) is 0 Å². The van der Waals surface area contributed by atoms with E-state index in [9.17, 15) is 15.0 Å². The van der Waals surface area contributed by atoms with Crippen molar-refractivity contribution < 1.29 is 19.4 Å². The van der Waals surface area contributed by atoms with E-state index in [4.69, 9.17) is 16.6 Å². The molecule has 6 nitrogen and oxygen atoms in total. The third-order valence-electron chi connectivity index (χ3n) is 5.92. The van der Waals surface area contributed by atoms with Crippen LogP contribution in [-0.4, -0.2) is 66.9 Å². The zero-order chi connectivity index (χ0) is 23.4. The van der Waals surface area contributed by atoms with E-state index in [2.05, 4.69) is 50.4 Å². The number of likely N-dealkylation sites (tertiary alicyclic amines) is 1. The van der Waals surface area contributed by atoms with E-state index in [0.717, 1.165) is 10.4 Å². The number of aliphatic carboxylic acids is 1. The maximum Gasteiger partial charge on any atom is 0.310 e. The zero-order valence-electron chi connectivity index (χ0n) is 18.8. The number of β-amino-alcohol motifs (C(OH)–C–C–N with tert-alkyl or cyclic N) is 1. The third-order valence-corrected chi connectivity index (χ3v) is 11.3. The molecule has 0 aromatic heterocycles. The molecule has 2 aromatic rings. The van der Waals surface area contributed by atoms with Crippen LogP contribution >= 0.6 is 12.2 Å². The molecule has 0 radical (unpaired) electrons. The van der Waals surface area contributed by atoms with Crippen LogP contribution in [0.4, 0.5) is 0 Å². The topological polar surface area (TPSA) is 82.0 Å². The lowest BCUT2D eigenvalue weighted by Gasteiger charge is -2.43. The fourth-order valence-corrected chi connectivity index (χ4v) is 8.99. The second kappa shape index (κ2) is 10.1. The third kappa shape index (κ3) is 5.20. The second-order valence-electron chi connectivity index (χ2n) is 9.25. The molecule has 0 unspecified atom stereocenters. The van der Waals surface area contributed by atoms with Crippen molar-refractivity contribution in [3.8, 4) is 0 Å². The monoisotopic (exact) mass is 472 g/mol. The van der Waals surface area contributed by atoms with Gasteiger partial charge in [-0.05, 0) is 27.6 Å². The van der Waals surface area contributed by atoms with Gasteiger partial charge in [-0.3, -0.25) is 4.79 Å². The molecule has 1 saturated heterocycles. The lowest BCUT2D eigenvalue weighted by atomic mass is 10.1. The molecule has 3 rings (SSSR count). The molecule has 1 atom stereocenters. The van der Waals surface area contributed by atoms with Gasteiger partial charge in [0.15, 0.2) is 5.11 Å². The van der Waals surface area contributed by atoms with E-state index in [0.29, 0.717) is 18.2 Å². The molecule has 0 amide bonds. The maximum atomic E-state index is 12.1. The Hall–Kier alpha value is -2.26. The highest BCUT2D eigenvalue weighted by Crippen LogP contribution is 2.37. The summed E-state index contributed by atoms with van der Waals surface area (Å²) in [4.78, 5) is 13.9. The van der Waals surface area contributed by atoms with Crippen molar-refractivity contribution in [1.82, 2.24) is 10.2 Å². The predicted octanol–water partition coefficient (Wildman–Crippen LogP) is 1.81. The minimum atomic E-state index is -2.81. The van der Waals surface area contributed by atoms with Crippen LogP contribution in [0.1, 0.15) is 20.8 Å². The number of nitrogens with one attached hydrogen (secondary N) is 1. The summed E-state index contributed by atoms with van der Waals surface area (Å²) in [6.45, 7) is 7.68. The van der Waals surface area contributed by atoms with E-state index < -0.39 is 20.2 Å². The van der Waals surface area contributed by atoms with Crippen molar-refractivity contribution in [1.29, 1.82) is 0 Å². The predicted molar refractivity (Wildman–Crippen MR) is 133 cm³/mol. The summed E-state index contributed by atoms with van der Waals surface area (Å²) in [5.41, 5.74) is 0. The van der Waals surface area contributed by atoms with Crippen LogP contribution in [0.2, 0.25) is 5.04 Å². The molecular formula is C24H32N2O4SSi. The highest BCUT2D eigenvalue weighted by atomic mass is 32.1. The smallest absolute Gasteiger partial charge is 0.310 e. The molecule has 0 saturated carbocycles. The summed E-state index contributed by atoms with van der Waals surface area (Å²) in [6, 6.07) is 20.3. The molecule has 1 aliphatic rings. The zero-order valence-corrected chi connectivity index (χ0v) is 20.6. The summed E-state index contributed by atoms with van der Waals surface area (Å²) in [6.07, 6.45) is -0.372. The minimum Gasteiger partial charge on any atom is -0.481 e. The van der Waals surface area contributed by atoms with Crippen molar-refractivity contribution in [3.63, 3.8) is 0 Å². The Morgan fingerprint density at radius 1 is 1.12 bits per heavy atom. The number of hydrogen-bond donors (Lipinski definition) is 3. The van der Waals surface area contributed by atoms with Crippen molar-refractivity contribution in [2.24, 2.45) is 5.92 Å². The van der Waals surface area contributed by atoms with Gasteiger partial charge in [0.05, 0.1) is 12.0 Å². The van der Waals surface area contributed by atoms with E-state index in [1.165, 1.54) is 0 Å². The fourth-order valence-electron chi connectivity index (χ4n) is 4.15. The standard InChI is InChI=1S/C24H32N2O4SSi/c1-24(2,3)32(20-10-6-4-7-11-20,21-12-8-5-9-13-21)30-17-18(22(28)29)14-25-23(31)26-15-19(27)16-26/h4-13,18-19,27H,14-17H2,1-3H3,(H,25,31)(H,28,29)/t18-/m0/s1. The van der Waals surface area contributed by atoms with Gasteiger partial charge >= 0.3 is 5.97 Å². The van der Waals surface area contributed by atoms with Crippen LogP contribution < -0.4 is 15.7 Å². The van der Waals surface area contributed by atoms with Crippen LogP contribution in [0.15, 0.2) is 60.7 Å². The molecule has 2 aromatic carbocycles. The maximum absolute atomic E-state index is 12.1. The van der Waals surface area contributed by atoms with Crippen LogP contribution in [0.3, 0.4) is 0 Å². The van der Waals surface area contributed by atoms with Crippen LogP contribution in [0, 0.1) is 5.92 Å². The minimum absolute atomic E-state index is 0.0703. The summed E-state index contributed by atoms with van der Waals surface area (Å²) >= 11 is 5.33. The van der Waals surface area contributed by atoms with E-state index in [1.807, 2.05) is 41.3 Å². The average molecular weight is 473 g/mol. The van der Waals surface area contributed by atoms with Gasteiger partial charge in [-0.15, -0.1) is 0 Å². The second-order valence-corrected chi connectivity index (χ2v) is 13.9. The summed E-state index contributed by atoms with van der Waals surface area (Å²) < 4.78 is 6.76. The number of carboxylic acids is 1. The van der Waals surface area contributed by atoms with Crippen molar-refractivity contribution in [2.45, 2.75) is 31.9 Å². The van der Waals surface area contributed by atoms with Gasteiger partial charge in [-0.2, -0.15) is 0 Å².